The van der Waals surface area contributed by atoms with Gasteiger partial charge in [0.1, 0.15) is 9.71 Å². The Balaban J connectivity index is 1.39. The first-order valence-corrected chi connectivity index (χ1v) is 13.0. The van der Waals surface area contributed by atoms with Crippen molar-refractivity contribution in [3.05, 3.63) is 62.0 Å². The summed E-state index contributed by atoms with van der Waals surface area (Å²) in [6.45, 7) is 6.83. The molecule has 5 rings (SSSR count). The fourth-order valence-electron chi connectivity index (χ4n) is 4.49. The van der Waals surface area contributed by atoms with Crippen LogP contribution in [0.5, 0.6) is 0 Å². The molecule has 1 aliphatic carbocycles. The van der Waals surface area contributed by atoms with Crippen LogP contribution in [-0.4, -0.2) is 20.8 Å². The number of nitro groups is 1. The smallest absolute Gasteiger partial charge is 0.270 e. The van der Waals surface area contributed by atoms with Crippen LogP contribution in [0.2, 0.25) is 0 Å². The fraction of sp³-hybridized carbons (Fsp3) is 0.320. The Morgan fingerprint density at radius 3 is 2.80 bits per heavy atom. The summed E-state index contributed by atoms with van der Waals surface area (Å²) in [6.07, 6.45) is 3.02. The lowest BCUT2D eigenvalue weighted by Gasteiger charge is -2.34. The van der Waals surface area contributed by atoms with E-state index in [0.717, 1.165) is 35.2 Å². The predicted octanol–water partition coefficient (Wildman–Crippen LogP) is 6.31. The number of nitrogens with two attached hydrogens (primary N) is 1. The maximum Gasteiger partial charge on any atom is 0.270 e. The summed E-state index contributed by atoms with van der Waals surface area (Å²) in [7, 11) is 0. The number of benzene rings is 1. The van der Waals surface area contributed by atoms with Crippen molar-refractivity contribution in [1.82, 2.24) is 9.97 Å². The van der Waals surface area contributed by atoms with Gasteiger partial charge < -0.3 is 5.73 Å². The van der Waals surface area contributed by atoms with Crippen LogP contribution in [0.3, 0.4) is 0 Å². The zero-order valence-electron chi connectivity index (χ0n) is 19.6. The molecule has 3 aromatic heterocycles. The number of nitro benzene ring substituents is 1. The molecule has 0 saturated heterocycles. The van der Waals surface area contributed by atoms with E-state index < -0.39 is 4.92 Å². The molecule has 8 nitrogen and oxygen atoms in total. The van der Waals surface area contributed by atoms with Crippen LogP contribution in [0.25, 0.3) is 21.5 Å². The van der Waals surface area contributed by atoms with Gasteiger partial charge in [-0.15, -0.1) is 22.7 Å². The molecule has 3 N–H and O–H groups in total. The average Bonchev–Trinajstić information content (AvgIpc) is 3.41. The molecule has 10 heteroatoms. The van der Waals surface area contributed by atoms with Gasteiger partial charge in [0.2, 0.25) is 0 Å². The van der Waals surface area contributed by atoms with Crippen LogP contribution in [0.1, 0.15) is 48.1 Å². The summed E-state index contributed by atoms with van der Waals surface area (Å²) in [6, 6.07) is 8.36. The number of rotatable bonds is 4. The summed E-state index contributed by atoms with van der Waals surface area (Å²) in [4.78, 5) is 34.2. The van der Waals surface area contributed by atoms with E-state index in [1.807, 2.05) is 0 Å². The Morgan fingerprint density at radius 2 is 2.06 bits per heavy atom. The summed E-state index contributed by atoms with van der Waals surface area (Å²) in [5.41, 5.74) is 10.6. The van der Waals surface area contributed by atoms with Crippen LogP contribution in [0.4, 0.5) is 16.5 Å². The van der Waals surface area contributed by atoms with Gasteiger partial charge >= 0.3 is 0 Å². The van der Waals surface area contributed by atoms with Crippen molar-refractivity contribution < 1.29 is 9.72 Å². The van der Waals surface area contributed by atoms with Crippen molar-refractivity contribution in [2.75, 3.05) is 11.1 Å². The number of anilines is 2. The number of nitrogens with zero attached hydrogens (tertiary/aromatic N) is 3. The molecule has 0 fully saturated rings. The highest BCUT2D eigenvalue weighted by Gasteiger charge is 2.30. The van der Waals surface area contributed by atoms with Crippen LogP contribution >= 0.6 is 22.7 Å². The quantitative estimate of drug-likeness (QED) is 0.246. The van der Waals surface area contributed by atoms with Gasteiger partial charge in [0.05, 0.1) is 16.3 Å². The van der Waals surface area contributed by atoms with Gasteiger partial charge in [-0.3, -0.25) is 20.2 Å². The summed E-state index contributed by atoms with van der Waals surface area (Å²) < 4.78 is 0. The van der Waals surface area contributed by atoms with Crippen molar-refractivity contribution in [3.63, 3.8) is 0 Å². The summed E-state index contributed by atoms with van der Waals surface area (Å²) >= 11 is 2.55. The van der Waals surface area contributed by atoms with E-state index in [2.05, 4.69) is 37.1 Å². The molecule has 0 spiro atoms. The third kappa shape index (κ3) is 4.51. The van der Waals surface area contributed by atoms with E-state index in [9.17, 15) is 14.9 Å². The van der Waals surface area contributed by atoms with Crippen molar-refractivity contribution in [3.8, 4) is 11.3 Å². The highest BCUT2D eigenvalue weighted by Crippen LogP contribution is 2.40. The first kappa shape index (κ1) is 23.4. The molecular weight excluding hydrogens is 482 g/mol. The molecular formula is C25H25N5O3S2. The topological polar surface area (TPSA) is 124 Å². The third-order valence-corrected chi connectivity index (χ3v) is 8.47. The SMILES string of the molecule is CC(C)(C)C1CCc2nc3sc(C(=O)Nc4nc(-c5cccc([N+](=O)[O-])c5)cs4)c(N)c3cc2C1. The van der Waals surface area contributed by atoms with Crippen molar-refractivity contribution >= 4 is 55.3 Å². The molecule has 180 valence electrons. The van der Waals surface area contributed by atoms with Crippen LogP contribution < -0.4 is 11.1 Å². The molecule has 0 aliphatic heterocycles. The Morgan fingerprint density at radius 1 is 1.26 bits per heavy atom. The van der Waals surface area contributed by atoms with Crippen LogP contribution in [0.15, 0.2) is 35.7 Å². The number of non-ortho nitro benzene ring substituents is 1. The number of carbonyl (C=O) groups is 1. The molecule has 1 amide bonds. The molecule has 35 heavy (non-hydrogen) atoms. The van der Waals surface area contributed by atoms with E-state index in [-0.39, 0.29) is 17.0 Å². The third-order valence-electron chi connectivity index (χ3n) is 6.59. The molecule has 3 heterocycles. The fourth-order valence-corrected chi connectivity index (χ4v) is 6.20. The van der Waals surface area contributed by atoms with E-state index in [1.54, 1.807) is 17.5 Å². The van der Waals surface area contributed by atoms with Gasteiger partial charge in [0, 0.05) is 34.2 Å². The van der Waals surface area contributed by atoms with Gasteiger partial charge in [-0.2, -0.15) is 0 Å². The normalized spacial score (nSPS) is 15.7. The van der Waals surface area contributed by atoms with Gasteiger partial charge in [-0.25, -0.2) is 9.97 Å². The second-order valence-electron chi connectivity index (χ2n) is 9.90. The molecule has 0 saturated carbocycles. The number of pyridine rings is 1. The number of thiophene rings is 1. The van der Waals surface area contributed by atoms with Gasteiger partial charge in [0.25, 0.3) is 11.6 Å². The molecule has 4 aromatic rings. The lowest BCUT2D eigenvalue weighted by atomic mass is 9.71. The molecule has 0 radical (unpaired) electrons. The van der Waals surface area contributed by atoms with E-state index in [1.165, 1.54) is 40.4 Å². The Kier molecular flexibility index (Phi) is 5.80. The van der Waals surface area contributed by atoms with E-state index in [0.29, 0.717) is 32.9 Å². The number of nitrogens with one attached hydrogen (secondary N) is 1. The van der Waals surface area contributed by atoms with E-state index >= 15 is 0 Å². The number of fused-ring (bicyclic) bond motifs is 2. The predicted molar refractivity (Wildman–Crippen MR) is 141 cm³/mol. The Hall–Kier alpha value is -3.37. The minimum atomic E-state index is -0.446. The maximum absolute atomic E-state index is 13.1. The zero-order chi connectivity index (χ0) is 24.9. The van der Waals surface area contributed by atoms with E-state index in [4.69, 9.17) is 10.7 Å². The number of thiazole rings is 1. The monoisotopic (exact) mass is 507 g/mol. The van der Waals surface area contributed by atoms with Gasteiger partial charge in [0.15, 0.2) is 5.13 Å². The highest BCUT2D eigenvalue weighted by molar-refractivity contribution is 7.21. The molecule has 1 aliphatic rings. The van der Waals surface area contributed by atoms with Crippen molar-refractivity contribution in [2.45, 2.75) is 40.0 Å². The Labute approximate surface area is 210 Å². The first-order chi connectivity index (χ1) is 16.6. The zero-order valence-corrected chi connectivity index (χ0v) is 21.3. The van der Waals surface area contributed by atoms with Gasteiger partial charge in [-0.1, -0.05) is 32.9 Å². The van der Waals surface area contributed by atoms with Crippen molar-refractivity contribution in [1.29, 1.82) is 0 Å². The average molecular weight is 508 g/mol. The molecule has 1 atom stereocenters. The van der Waals surface area contributed by atoms with Crippen LogP contribution in [0, 0.1) is 21.4 Å². The van der Waals surface area contributed by atoms with Crippen LogP contribution in [-0.2, 0) is 12.8 Å². The second kappa shape index (κ2) is 8.69. The first-order valence-electron chi connectivity index (χ1n) is 11.3. The number of aromatic nitrogens is 2. The number of carbonyl (C=O) groups excluding carboxylic acids is 1. The van der Waals surface area contributed by atoms with Gasteiger partial charge in [-0.05, 0) is 42.2 Å². The number of hydrogen-bond acceptors (Lipinski definition) is 8. The number of aryl methyl sites for hydroxylation is 1. The minimum Gasteiger partial charge on any atom is -0.397 e. The molecule has 0 bridgehead atoms. The minimum absolute atomic E-state index is 0.0110. The highest BCUT2D eigenvalue weighted by atomic mass is 32.1. The Bertz CT molecular complexity index is 1470. The number of amides is 1. The lowest BCUT2D eigenvalue weighted by Crippen LogP contribution is -2.27. The molecule has 1 unspecified atom stereocenters. The second-order valence-corrected chi connectivity index (χ2v) is 11.8. The number of nitrogen functional groups attached to an aromatic ring is 1. The molecule has 1 aromatic carbocycles. The lowest BCUT2D eigenvalue weighted by molar-refractivity contribution is -0.384. The summed E-state index contributed by atoms with van der Waals surface area (Å²) in [5.74, 6) is 0.248. The maximum atomic E-state index is 13.1. The number of hydrogen-bond donors (Lipinski definition) is 2. The van der Waals surface area contributed by atoms with Crippen molar-refractivity contribution in [2.24, 2.45) is 11.3 Å². The summed E-state index contributed by atoms with van der Waals surface area (Å²) in [5, 5.41) is 16.9. The standard InChI is InChI=1S/C25H25N5O3S2/c1-25(2,3)15-7-8-18-14(9-15)11-17-20(26)21(35-23(17)27-18)22(31)29-24-28-19(12-34-24)13-5-4-6-16(10-13)30(32)33/h4-6,10-12,15H,7-9,26H2,1-3H3,(H,28,29,31). The largest absolute Gasteiger partial charge is 0.397 e.